The van der Waals surface area contributed by atoms with Gasteiger partial charge in [0, 0.05) is 0 Å². The van der Waals surface area contributed by atoms with Gasteiger partial charge >= 0.3 is 6.18 Å². The second-order valence-electron chi connectivity index (χ2n) is 1.91. The highest BCUT2D eigenvalue weighted by Crippen LogP contribution is 2.25. The van der Waals surface area contributed by atoms with Crippen molar-refractivity contribution in [2.75, 3.05) is 0 Å². The summed E-state index contributed by atoms with van der Waals surface area (Å²) in [5, 5.41) is 0. The summed E-state index contributed by atoms with van der Waals surface area (Å²) in [7, 11) is 0. The molecule has 0 amide bonds. The van der Waals surface area contributed by atoms with Gasteiger partial charge in [-0.25, -0.2) is 0 Å². The van der Waals surface area contributed by atoms with Crippen molar-refractivity contribution in [2.24, 2.45) is 17.4 Å². The third kappa shape index (κ3) is 3.92. The molecule has 10 heavy (non-hydrogen) atoms. The topological polar surface area (TPSA) is 52.0 Å². The van der Waals surface area contributed by atoms with Crippen LogP contribution in [0.25, 0.3) is 0 Å². The Morgan fingerprint density at radius 2 is 1.50 bits per heavy atom. The Balaban J connectivity index is 0. The molecular formula is C4H10ClF3N2. The highest BCUT2D eigenvalue weighted by atomic mass is 35.5. The molecule has 4 N–H and O–H groups in total. The molecule has 2 nitrogen and oxygen atoms in total. The summed E-state index contributed by atoms with van der Waals surface area (Å²) in [6.45, 7) is 0.949. The number of nitrogens with two attached hydrogens (primary N) is 2. The quantitative estimate of drug-likeness (QED) is 0.585. The van der Waals surface area contributed by atoms with Gasteiger partial charge in [0.25, 0.3) is 0 Å². The zero-order valence-corrected chi connectivity index (χ0v) is 6.17. The Bertz CT molecular complexity index is 93.0. The Morgan fingerprint density at radius 3 is 1.50 bits per heavy atom. The highest BCUT2D eigenvalue weighted by molar-refractivity contribution is 5.85. The van der Waals surface area contributed by atoms with Gasteiger partial charge in [-0.1, -0.05) is 6.92 Å². The molecule has 0 unspecified atom stereocenters. The normalized spacial score (nSPS) is 14.7. The molecule has 0 aromatic rings. The van der Waals surface area contributed by atoms with Crippen molar-refractivity contribution in [3.63, 3.8) is 0 Å². The van der Waals surface area contributed by atoms with Crippen LogP contribution in [0.2, 0.25) is 0 Å². The van der Waals surface area contributed by atoms with Gasteiger partial charge in [0.05, 0.1) is 12.1 Å². The van der Waals surface area contributed by atoms with Crippen molar-refractivity contribution < 1.29 is 13.2 Å². The second-order valence-corrected chi connectivity index (χ2v) is 1.91. The number of halogens is 4. The molecule has 6 heteroatoms. The molecule has 0 bridgehead atoms. The predicted octanol–water partition coefficient (Wildman–Crippen LogP) is 0.850. The summed E-state index contributed by atoms with van der Waals surface area (Å²) in [4.78, 5) is 0. The van der Waals surface area contributed by atoms with E-state index >= 15 is 0 Å². The SMILES string of the molecule is C[C@H](C(N)N)C(F)(F)F.Cl. The number of hydrogen-bond donors (Lipinski definition) is 2. The number of rotatable bonds is 1. The molecule has 0 radical (unpaired) electrons. The van der Waals surface area contributed by atoms with Gasteiger partial charge in [-0.2, -0.15) is 13.2 Å². The minimum Gasteiger partial charge on any atom is -0.316 e. The maximum absolute atomic E-state index is 11.5. The van der Waals surface area contributed by atoms with Gasteiger partial charge in [-0.15, -0.1) is 12.4 Å². The molecule has 0 aliphatic rings. The van der Waals surface area contributed by atoms with Crippen LogP contribution in [0.3, 0.4) is 0 Å². The van der Waals surface area contributed by atoms with Gasteiger partial charge in [-0.05, 0) is 0 Å². The summed E-state index contributed by atoms with van der Waals surface area (Å²) in [6.07, 6.45) is -5.58. The van der Waals surface area contributed by atoms with Crippen LogP contribution in [-0.4, -0.2) is 12.3 Å². The van der Waals surface area contributed by atoms with E-state index < -0.39 is 18.3 Å². The number of hydrogen-bond acceptors (Lipinski definition) is 2. The Morgan fingerprint density at radius 1 is 1.20 bits per heavy atom. The largest absolute Gasteiger partial charge is 0.394 e. The summed E-state index contributed by atoms with van der Waals surface area (Å²) >= 11 is 0. The third-order valence-corrected chi connectivity index (χ3v) is 1.09. The predicted molar refractivity (Wildman–Crippen MR) is 34.6 cm³/mol. The van der Waals surface area contributed by atoms with Crippen LogP contribution >= 0.6 is 12.4 Å². The number of alkyl halides is 3. The van der Waals surface area contributed by atoms with Crippen molar-refractivity contribution >= 4 is 12.4 Å². The van der Waals surface area contributed by atoms with Gasteiger partial charge in [0.2, 0.25) is 0 Å². The second kappa shape index (κ2) is 4.00. The van der Waals surface area contributed by atoms with Crippen molar-refractivity contribution in [1.82, 2.24) is 0 Å². The highest BCUT2D eigenvalue weighted by Gasteiger charge is 2.38. The van der Waals surface area contributed by atoms with Crippen LogP contribution in [0.15, 0.2) is 0 Å². The van der Waals surface area contributed by atoms with Crippen LogP contribution < -0.4 is 11.5 Å². The van der Waals surface area contributed by atoms with Crippen molar-refractivity contribution in [2.45, 2.75) is 19.3 Å². The van der Waals surface area contributed by atoms with Crippen LogP contribution in [-0.2, 0) is 0 Å². The third-order valence-electron chi connectivity index (χ3n) is 1.09. The molecule has 0 saturated heterocycles. The average Bonchev–Trinajstić information content (AvgIpc) is 1.62. The molecule has 0 aromatic carbocycles. The molecule has 0 fully saturated rings. The summed E-state index contributed by atoms with van der Waals surface area (Å²) in [6, 6.07) is 0. The first-order valence-electron chi connectivity index (χ1n) is 2.43. The zero-order valence-electron chi connectivity index (χ0n) is 5.35. The van der Waals surface area contributed by atoms with E-state index in [-0.39, 0.29) is 12.4 Å². The first-order chi connectivity index (χ1) is 3.85. The summed E-state index contributed by atoms with van der Waals surface area (Å²) in [5.41, 5.74) is 9.56. The minimum atomic E-state index is -4.27. The van der Waals surface area contributed by atoms with E-state index in [9.17, 15) is 13.2 Å². The molecule has 1 atom stereocenters. The van der Waals surface area contributed by atoms with Gasteiger partial charge in [-0.3, -0.25) is 0 Å². The molecule has 0 aliphatic carbocycles. The van der Waals surface area contributed by atoms with E-state index in [4.69, 9.17) is 11.5 Å². The molecule has 0 aromatic heterocycles. The van der Waals surface area contributed by atoms with Crippen LogP contribution in [0, 0.1) is 5.92 Å². The first kappa shape index (κ1) is 12.7. The van der Waals surface area contributed by atoms with E-state index in [0.717, 1.165) is 6.92 Å². The van der Waals surface area contributed by atoms with E-state index in [2.05, 4.69) is 0 Å². The molecule has 64 valence electrons. The Labute approximate surface area is 63.2 Å². The van der Waals surface area contributed by atoms with Crippen LogP contribution in [0.5, 0.6) is 0 Å². The smallest absolute Gasteiger partial charge is 0.316 e. The molecule has 0 spiro atoms. The maximum atomic E-state index is 11.5. The lowest BCUT2D eigenvalue weighted by atomic mass is 10.1. The Hall–Kier alpha value is -0.0000000000000000555. The fraction of sp³-hybridized carbons (Fsp3) is 1.00. The van der Waals surface area contributed by atoms with E-state index in [1.807, 2.05) is 0 Å². The lowest BCUT2D eigenvalue weighted by Crippen LogP contribution is -2.44. The molecule has 0 rings (SSSR count). The Kier molecular flexibility index (Phi) is 5.06. The summed E-state index contributed by atoms with van der Waals surface area (Å²) in [5.74, 6) is -1.63. The van der Waals surface area contributed by atoms with Crippen molar-refractivity contribution in [3.8, 4) is 0 Å². The van der Waals surface area contributed by atoms with E-state index in [1.165, 1.54) is 0 Å². The van der Waals surface area contributed by atoms with Gasteiger partial charge < -0.3 is 11.5 Å². The molecule has 0 aliphatic heterocycles. The average molecular weight is 179 g/mol. The van der Waals surface area contributed by atoms with Crippen molar-refractivity contribution in [3.05, 3.63) is 0 Å². The zero-order chi connectivity index (χ0) is 7.65. The maximum Gasteiger partial charge on any atom is 0.394 e. The van der Waals surface area contributed by atoms with Crippen LogP contribution in [0.1, 0.15) is 6.92 Å². The first-order valence-corrected chi connectivity index (χ1v) is 2.43. The lowest BCUT2D eigenvalue weighted by molar-refractivity contribution is -0.174. The van der Waals surface area contributed by atoms with Crippen molar-refractivity contribution in [1.29, 1.82) is 0 Å². The van der Waals surface area contributed by atoms with Gasteiger partial charge in [0.15, 0.2) is 0 Å². The molecule has 0 heterocycles. The fourth-order valence-corrected chi connectivity index (χ4v) is 0.218. The van der Waals surface area contributed by atoms with E-state index in [1.54, 1.807) is 0 Å². The standard InChI is InChI=1S/C4H9F3N2.ClH/c1-2(3(8)9)4(5,6)7;/h2-3H,8-9H2,1H3;1H/t2-;/m1./s1. The lowest BCUT2D eigenvalue weighted by Gasteiger charge is -2.18. The molecular weight excluding hydrogens is 169 g/mol. The molecule has 0 saturated carbocycles. The van der Waals surface area contributed by atoms with Gasteiger partial charge in [0.1, 0.15) is 0 Å². The van der Waals surface area contributed by atoms with Crippen LogP contribution in [0.4, 0.5) is 13.2 Å². The summed E-state index contributed by atoms with van der Waals surface area (Å²) < 4.78 is 34.6. The fourth-order valence-electron chi connectivity index (χ4n) is 0.218. The van der Waals surface area contributed by atoms with E-state index in [0.29, 0.717) is 0 Å². The monoisotopic (exact) mass is 178 g/mol. The minimum absolute atomic E-state index is 0.